The van der Waals surface area contributed by atoms with Gasteiger partial charge in [0.2, 0.25) is 0 Å². The Morgan fingerprint density at radius 1 is 1.12 bits per heavy atom. The zero-order chi connectivity index (χ0) is 24.2. The molecule has 4 aromatic rings. The van der Waals surface area contributed by atoms with E-state index in [1.54, 1.807) is 24.3 Å². The first-order chi connectivity index (χ1) is 16.3. The van der Waals surface area contributed by atoms with Crippen LogP contribution in [0.1, 0.15) is 21.7 Å². The third kappa shape index (κ3) is 5.66. The number of carbonyl (C=O) groups is 1. The Balaban J connectivity index is 1.37. The lowest BCUT2D eigenvalue weighted by atomic mass is 10.2. The number of fused-ring (bicyclic) bond motifs is 1. The van der Waals surface area contributed by atoms with Crippen molar-refractivity contribution in [2.24, 2.45) is 5.10 Å². The first-order valence-corrected chi connectivity index (χ1v) is 11.5. The van der Waals surface area contributed by atoms with E-state index < -0.39 is 10.8 Å². The van der Waals surface area contributed by atoms with Gasteiger partial charge in [-0.2, -0.15) is 5.10 Å². The highest BCUT2D eigenvalue weighted by molar-refractivity contribution is 14.1. The molecule has 34 heavy (non-hydrogen) atoms. The molecule has 1 aromatic heterocycles. The van der Waals surface area contributed by atoms with Crippen molar-refractivity contribution < 1.29 is 18.9 Å². The Hall–Kier alpha value is -3.15. The molecule has 172 valence electrons. The smallest absolute Gasteiger partial charge is 0.307 e. The average molecular weight is 610 g/mol. The molecular formula is C23H14Cl2IN3O5. The number of furan rings is 1. The normalized spacial score (nSPS) is 11.1. The van der Waals surface area contributed by atoms with Crippen molar-refractivity contribution >= 4 is 74.6 Å². The Kier molecular flexibility index (Phi) is 7.35. The van der Waals surface area contributed by atoms with Crippen molar-refractivity contribution in [2.75, 3.05) is 0 Å². The van der Waals surface area contributed by atoms with Gasteiger partial charge in [0.15, 0.2) is 5.76 Å². The number of hydrazone groups is 1. The fourth-order valence-electron chi connectivity index (χ4n) is 2.98. The summed E-state index contributed by atoms with van der Waals surface area (Å²) in [4.78, 5) is 22.7. The quantitative estimate of drug-likeness (QED) is 0.110. The molecule has 0 aliphatic rings. The monoisotopic (exact) mass is 609 g/mol. The maximum absolute atomic E-state index is 12.3. The minimum atomic E-state index is -0.577. The Morgan fingerprint density at radius 3 is 2.68 bits per heavy atom. The van der Waals surface area contributed by atoms with Gasteiger partial charge in [0.1, 0.15) is 17.9 Å². The number of hydrogen-bond acceptors (Lipinski definition) is 6. The van der Waals surface area contributed by atoms with Gasteiger partial charge in [-0.1, -0.05) is 29.3 Å². The molecule has 0 aliphatic heterocycles. The number of carbonyl (C=O) groups excluding carboxylic acids is 1. The third-order valence-electron chi connectivity index (χ3n) is 4.65. The minimum absolute atomic E-state index is 0.00622. The first kappa shape index (κ1) is 24.0. The molecule has 4 rings (SSSR count). The summed E-state index contributed by atoms with van der Waals surface area (Å²) >= 11 is 14.1. The Morgan fingerprint density at radius 2 is 1.94 bits per heavy atom. The first-order valence-electron chi connectivity index (χ1n) is 9.68. The van der Waals surface area contributed by atoms with Crippen LogP contribution >= 0.6 is 45.8 Å². The van der Waals surface area contributed by atoms with Gasteiger partial charge in [0, 0.05) is 17.5 Å². The molecule has 0 bridgehead atoms. The maximum atomic E-state index is 12.3. The highest BCUT2D eigenvalue weighted by Gasteiger charge is 2.14. The second-order valence-electron chi connectivity index (χ2n) is 7.02. The molecule has 0 spiro atoms. The SMILES string of the molecule is O=C(N/N=C/c1ccc(OCc2ccc(Cl)c(Cl)c2)c(I)c1)c1cc2cc([N+](=O)[O-])ccc2o1. The van der Waals surface area contributed by atoms with E-state index in [1.807, 2.05) is 12.1 Å². The van der Waals surface area contributed by atoms with Gasteiger partial charge in [-0.25, -0.2) is 5.43 Å². The number of nitro benzene ring substituents is 1. The van der Waals surface area contributed by atoms with Crippen LogP contribution in [0.3, 0.4) is 0 Å². The summed E-state index contributed by atoms with van der Waals surface area (Å²) in [5.74, 6) is 0.101. The number of benzene rings is 3. The second kappa shape index (κ2) is 10.4. The van der Waals surface area contributed by atoms with E-state index in [1.165, 1.54) is 30.5 Å². The molecule has 1 N–H and O–H groups in total. The fourth-order valence-corrected chi connectivity index (χ4v) is 4.00. The van der Waals surface area contributed by atoms with E-state index in [-0.39, 0.29) is 11.4 Å². The fraction of sp³-hybridized carbons (Fsp3) is 0.0435. The molecule has 11 heteroatoms. The summed E-state index contributed by atoms with van der Waals surface area (Å²) in [6, 6.07) is 16.3. The van der Waals surface area contributed by atoms with Gasteiger partial charge in [-0.15, -0.1) is 0 Å². The Labute approximate surface area is 216 Å². The molecule has 1 amide bonds. The number of hydrogen-bond donors (Lipinski definition) is 1. The van der Waals surface area contributed by atoms with Gasteiger partial charge in [-0.3, -0.25) is 14.9 Å². The number of amides is 1. The largest absolute Gasteiger partial charge is 0.488 e. The minimum Gasteiger partial charge on any atom is -0.488 e. The highest BCUT2D eigenvalue weighted by atomic mass is 127. The second-order valence-corrected chi connectivity index (χ2v) is 8.99. The molecule has 8 nitrogen and oxygen atoms in total. The van der Waals surface area contributed by atoms with E-state index in [9.17, 15) is 14.9 Å². The number of rotatable bonds is 7. The van der Waals surface area contributed by atoms with Crippen molar-refractivity contribution in [3.05, 3.63) is 101 Å². The zero-order valence-corrected chi connectivity index (χ0v) is 20.8. The molecule has 0 saturated carbocycles. The van der Waals surface area contributed by atoms with Gasteiger partial charge in [0.25, 0.3) is 5.69 Å². The van der Waals surface area contributed by atoms with Gasteiger partial charge < -0.3 is 9.15 Å². The summed E-state index contributed by atoms with van der Waals surface area (Å²) in [7, 11) is 0. The van der Waals surface area contributed by atoms with E-state index in [4.69, 9.17) is 32.4 Å². The third-order valence-corrected chi connectivity index (χ3v) is 6.23. The number of ether oxygens (including phenoxy) is 1. The summed E-state index contributed by atoms with van der Waals surface area (Å²) in [5.41, 5.74) is 4.29. The maximum Gasteiger partial charge on any atom is 0.307 e. The summed E-state index contributed by atoms with van der Waals surface area (Å²) in [6.07, 6.45) is 1.48. The van der Waals surface area contributed by atoms with Crippen molar-refractivity contribution in [3.63, 3.8) is 0 Å². The lowest BCUT2D eigenvalue weighted by molar-refractivity contribution is -0.384. The van der Waals surface area contributed by atoms with Gasteiger partial charge >= 0.3 is 5.91 Å². The van der Waals surface area contributed by atoms with Crippen LogP contribution in [0.25, 0.3) is 11.0 Å². The molecule has 1 heterocycles. The lowest BCUT2D eigenvalue weighted by Gasteiger charge is -2.09. The van der Waals surface area contributed by atoms with E-state index in [0.717, 1.165) is 14.7 Å². The molecule has 0 saturated heterocycles. The van der Waals surface area contributed by atoms with E-state index in [2.05, 4.69) is 33.1 Å². The number of non-ortho nitro benzene ring substituents is 1. The topological polar surface area (TPSA) is 107 Å². The standard InChI is InChI=1S/C23H14Cl2IN3O5/c24-17-4-1-14(7-18(17)25)12-33-21-5-2-13(8-19(21)26)11-27-28-23(30)22-10-15-9-16(29(31)32)3-6-20(15)34-22/h1-11H,12H2,(H,28,30)/b27-11+. The van der Waals surface area contributed by atoms with Crippen LogP contribution in [0.4, 0.5) is 5.69 Å². The van der Waals surface area contributed by atoms with Gasteiger partial charge in [0.05, 0.1) is 24.8 Å². The number of halogens is 3. The van der Waals surface area contributed by atoms with Crippen LogP contribution < -0.4 is 10.2 Å². The van der Waals surface area contributed by atoms with Crippen LogP contribution in [0, 0.1) is 13.7 Å². The lowest BCUT2D eigenvalue weighted by Crippen LogP contribution is -2.16. The number of nitro groups is 1. The highest BCUT2D eigenvalue weighted by Crippen LogP contribution is 2.26. The van der Waals surface area contributed by atoms with Crippen LogP contribution in [0.15, 0.2) is 70.2 Å². The van der Waals surface area contributed by atoms with Crippen molar-refractivity contribution in [3.8, 4) is 5.75 Å². The predicted molar refractivity (Wildman–Crippen MR) is 138 cm³/mol. The van der Waals surface area contributed by atoms with E-state index >= 15 is 0 Å². The van der Waals surface area contributed by atoms with Crippen LogP contribution in [0.2, 0.25) is 10.0 Å². The molecule has 0 radical (unpaired) electrons. The summed E-state index contributed by atoms with van der Waals surface area (Å²) in [5, 5.41) is 16.2. The van der Waals surface area contributed by atoms with Crippen molar-refractivity contribution in [1.29, 1.82) is 0 Å². The van der Waals surface area contributed by atoms with Crippen LogP contribution in [0.5, 0.6) is 5.75 Å². The van der Waals surface area contributed by atoms with Crippen molar-refractivity contribution in [2.45, 2.75) is 6.61 Å². The van der Waals surface area contributed by atoms with Gasteiger partial charge in [-0.05, 0) is 76.2 Å². The summed E-state index contributed by atoms with van der Waals surface area (Å²) < 4.78 is 12.1. The zero-order valence-electron chi connectivity index (χ0n) is 17.1. The van der Waals surface area contributed by atoms with E-state index in [0.29, 0.717) is 33.4 Å². The molecule has 0 fully saturated rings. The molecular weight excluding hydrogens is 596 g/mol. The average Bonchev–Trinajstić information content (AvgIpc) is 3.24. The number of nitrogens with one attached hydrogen (secondary N) is 1. The predicted octanol–water partition coefficient (Wildman–Crippen LogP) is 6.60. The molecule has 3 aromatic carbocycles. The molecule has 0 aliphatic carbocycles. The number of nitrogens with zero attached hydrogens (tertiary/aromatic N) is 2. The van der Waals surface area contributed by atoms with Crippen LogP contribution in [-0.2, 0) is 6.61 Å². The van der Waals surface area contributed by atoms with Crippen molar-refractivity contribution in [1.82, 2.24) is 5.43 Å². The Bertz CT molecular complexity index is 1440. The van der Waals surface area contributed by atoms with Crippen LogP contribution in [-0.4, -0.2) is 17.0 Å². The molecule has 0 atom stereocenters. The summed E-state index contributed by atoms with van der Waals surface area (Å²) in [6.45, 7) is 0.330. The molecule has 0 unspecified atom stereocenters.